The van der Waals surface area contributed by atoms with Crippen LogP contribution in [0.4, 0.5) is 0 Å². The zero-order valence-electron chi connectivity index (χ0n) is 8.38. The second-order valence-electron chi connectivity index (χ2n) is 3.34. The van der Waals surface area contributed by atoms with Gasteiger partial charge in [-0.15, -0.1) is 0 Å². The molecule has 0 fully saturated rings. The van der Waals surface area contributed by atoms with Gasteiger partial charge in [-0.3, -0.25) is 0 Å². The number of aromatic hydroxyl groups is 2. The number of rotatable bonds is 1. The van der Waals surface area contributed by atoms with Crippen molar-refractivity contribution in [3.63, 3.8) is 0 Å². The van der Waals surface area contributed by atoms with Gasteiger partial charge in [0.2, 0.25) is 0 Å². The predicted molar refractivity (Wildman–Crippen MR) is 59.9 cm³/mol. The molecular weight excluding hydrogens is 202 g/mol. The van der Waals surface area contributed by atoms with Crippen molar-refractivity contribution in [1.29, 1.82) is 5.26 Å². The van der Waals surface area contributed by atoms with E-state index < -0.39 is 0 Å². The fourth-order valence-electron chi connectivity index (χ4n) is 1.52. The van der Waals surface area contributed by atoms with Gasteiger partial charge in [0, 0.05) is 5.56 Å². The summed E-state index contributed by atoms with van der Waals surface area (Å²) in [6, 6.07) is 14.1. The molecule has 0 spiro atoms. The number of hydrogen-bond donors (Lipinski definition) is 2. The molecule has 0 aliphatic heterocycles. The Morgan fingerprint density at radius 1 is 0.875 bits per heavy atom. The van der Waals surface area contributed by atoms with Crippen molar-refractivity contribution in [2.75, 3.05) is 0 Å². The van der Waals surface area contributed by atoms with Crippen molar-refractivity contribution >= 4 is 0 Å². The molecule has 2 aromatic carbocycles. The van der Waals surface area contributed by atoms with E-state index in [9.17, 15) is 10.2 Å². The van der Waals surface area contributed by atoms with Gasteiger partial charge in [0.25, 0.3) is 0 Å². The summed E-state index contributed by atoms with van der Waals surface area (Å²) in [6.07, 6.45) is 0. The van der Waals surface area contributed by atoms with Crippen LogP contribution in [0.2, 0.25) is 0 Å². The first kappa shape index (κ1) is 10.1. The topological polar surface area (TPSA) is 64.2 Å². The van der Waals surface area contributed by atoms with Crippen LogP contribution in [0.3, 0.4) is 0 Å². The van der Waals surface area contributed by atoms with Gasteiger partial charge < -0.3 is 10.2 Å². The highest BCUT2D eigenvalue weighted by molar-refractivity contribution is 5.75. The van der Waals surface area contributed by atoms with Crippen molar-refractivity contribution in [3.8, 4) is 28.7 Å². The van der Waals surface area contributed by atoms with Gasteiger partial charge in [-0.2, -0.15) is 5.26 Å². The Morgan fingerprint density at radius 3 is 2.19 bits per heavy atom. The summed E-state index contributed by atoms with van der Waals surface area (Å²) in [6.45, 7) is 0. The lowest BCUT2D eigenvalue weighted by Crippen LogP contribution is -1.83. The smallest absolute Gasteiger partial charge is 0.176 e. The molecule has 2 rings (SSSR count). The number of phenols is 2. The molecule has 0 saturated heterocycles. The van der Waals surface area contributed by atoms with E-state index >= 15 is 0 Å². The number of hydrogen-bond acceptors (Lipinski definition) is 3. The quantitative estimate of drug-likeness (QED) is 0.712. The van der Waals surface area contributed by atoms with Crippen LogP contribution in [-0.4, -0.2) is 10.2 Å². The van der Waals surface area contributed by atoms with Crippen molar-refractivity contribution in [3.05, 3.63) is 48.0 Å². The summed E-state index contributed by atoms with van der Waals surface area (Å²) in [4.78, 5) is 0. The third-order valence-corrected chi connectivity index (χ3v) is 2.36. The van der Waals surface area contributed by atoms with E-state index in [1.54, 1.807) is 12.1 Å². The van der Waals surface area contributed by atoms with Crippen LogP contribution in [0.5, 0.6) is 11.5 Å². The van der Waals surface area contributed by atoms with Crippen LogP contribution in [-0.2, 0) is 0 Å². The SMILES string of the molecule is N#Cc1ccc(-c2ccccc2)c(O)c1O. The molecule has 0 atom stereocenters. The van der Waals surface area contributed by atoms with Crippen LogP contribution in [0.1, 0.15) is 5.56 Å². The van der Waals surface area contributed by atoms with E-state index in [1.165, 1.54) is 6.07 Å². The van der Waals surface area contributed by atoms with Crippen LogP contribution >= 0.6 is 0 Å². The maximum atomic E-state index is 9.76. The van der Waals surface area contributed by atoms with E-state index in [-0.39, 0.29) is 17.1 Å². The first-order chi connectivity index (χ1) is 7.74. The molecule has 0 bridgehead atoms. The van der Waals surface area contributed by atoms with Gasteiger partial charge in [0.05, 0.1) is 5.56 Å². The number of nitrogens with zero attached hydrogens (tertiary/aromatic N) is 1. The molecule has 0 amide bonds. The first-order valence-electron chi connectivity index (χ1n) is 4.74. The van der Waals surface area contributed by atoms with Crippen molar-refractivity contribution < 1.29 is 10.2 Å². The Balaban J connectivity index is 2.62. The molecule has 2 aromatic rings. The van der Waals surface area contributed by atoms with Crippen LogP contribution in [0, 0.1) is 11.3 Å². The van der Waals surface area contributed by atoms with Crippen molar-refractivity contribution in [1.82, 2.24) is 0 Å². The molecule has 0 saturated carbocycles. The highest BCUT2D eigenvalue weighted by Gasteiger charge is 2.12. The van der Waals surface area contributed by atoms with Gasteiger partial charge in [-0.1, -0.05) is 30.3 Å². The summed E-state index contributed by atoms with van der Waals surface area (Å²) >= 11 is 0. The van der Waals surface area contributed by atoms with E-state index in [0.29, 0.717) is 5.56 Å². The fourth-order valence-corrected chi connectivity index (χ4v) is 1.52. The van der Waals surface area contributed by atoms with E-state index in [0.717, 1.165) is 5.56 Å². The van der Waals surface area contributed by atoms with Gasteiger partial charge in [-0.25, -0.2) is 0 Å². The molecule has 3 heteroatoms. The Labute approximate surface area is 92.8 Å². The lowest BCUT2D eigenvalue weighted by Gasteiger charge is -2.07. The Bertz CT molecular complexity index is 556. The Kier molecular flexibility index (Phi) is 2.49. The maximum Gasteiger partial charge on any atom is 0.176 e. The minimum Gasteiger partial charge on any atom is -0.504 e. The molecule has 78 valence electrons. The summed E-state index contributed by atoms with van der Waals surface area (Å²) < 4.78 is 0. The highest BCUT2D eigenvalue weighted by Crippen LogP contribution is 2.38. The minimum absolute atomic E-state index is 0.0668. The van der Waals surface area contributed by atoms with Crippen LogP contribution < -0.4 is 0 Å². The molecule has 2 N–H and O–H groups in total. The molecule has 0 aliphatic carbocycles. The third-order valence-electron chi connectivity index (χ3n) is 2.36. The van der Waals surface area contributed by atoms with Gasteiger partial charge in [0.15, 0.2) is 11.5 Å². The third kappa shape index (κ3) is 1.57. The second-order valence-corrected chi connectivity index (χ2v) is 3.34. The molecule has 0 radical (unpaired) electrons. The standard InChI is InChI=1S/C13H9NO2/c14-8-10-6-7-11(13(16)12(10)15)9-4-2-1-3-5-9/h1-7,15-16H. The fraction of sp³-hybridized carbons (Fsp3) is 0. The molecule has 3 nitrogen and oxygen atoms in total. The summed E-state index contributed by atoms with van der Waals surface area (Å²) in [5, 5.41) is 28.0. The zero-order valence-corrected chi connectivity index (χ0v) is 8.38. The largest absolute Gasteiger partial charge is 0.504 e. The second kappa shape index (κ2) is 3.95. The average molecular weight is 211 g/mol. The van der Waals surface area contributed by atoms with Crippen molar-refractivity contribution in [2.45, 2.75) is 0 Å². The van der Waals surface area contributed by atoms with Gasteiger partial charge in [0.1, 0.15) is 6.07 Å². The molecule has 0 aliphatic rings. The van der Waals surface area contributed by atoms with Gasteiger partial charge >= 0.3 is 0 Å². The molecular formula is C13H9NO2. The minimum atomic E-state index is -0.371. The monoisotopic (exact) mass is 211 g/mol. The van der Waals surface area contributed by atoms with E-state index in [4.69, 9.17) is 5.26 Å². The zero-order chi connectivity index (χ0) is 11.5. The average Bonchev–Trinajstić information content (AvgIpc) is 2.34. The van der Waals surface area contributed by atoms with Crippen LogP contribution in [0.15, 0.2) is 42.5 Å². The van der Waals surface area contributed by atoms with Gasteiger partial charge in [-0.05, 0) is 17.7 Å². The molecule has 0 heterocycles. The highest BCUT2D eigenvalue weighted by atomic mass is 16.3. The summed E-state index contributed by atoms with van der Waals surface area (Å²) in [5.41, 5.74) is 1.37. The Morgan fingerprint density at radius 2 is 1.56 bits per heavy atom. The molecule has 16 heavy (non-hydrogen) atoms. The predicted octanol–water partition coefficient (Wildman–Crippen LogP) is 2.64. The summed E-state index contributed by atoms with van der Waals surface area (Å²) in [7, 11) is 0. The van der Waals surface area contributed by atoms with E-state index in [1.807, 2.05) is 30.3 Å². The van der Waals surface area contributed by atoms with E-state index in [2.05, 4.69) is 0 Å². The Hall–Kier alpha value is -2.47. The number of benzene rings is 2. The normalized spacial score (nSPS) is 9.69. The van der Waals surface area contributed by atoms with Crippen molar-refractivity contribution in [2.24, 2.45) is 0 Å². The number of nitriles is 1. The summed E-state index contributed by atoms with van der Waals surface area (Å²) in [5.74, 6) is -0.630. The molecule has 0 unspecified atom stereocenters. The number of phenolic OH excluding ortho intramolecular Hbond substituents is 2. The first-order valence-corrected chi connectivity index (χ1v) is 4.74. The lowest BCUT2D eigenvalue weighted by molar-refractivity contribution is 0.404. The lowest BCUT2D eigenvalue weighted by atomic mass is 10.0. The van der Waals surface area contributed by atoms with Crippen LogP contribution in [0.25, 0.3) is 11.1 Å². The maximum absolute atomic E-state index is 9.76. The molecule has 0 aromatic heterocycles.